The highest BCUT2D eigenvalue weighted by molar-refractivity contribution is 6.30. The smallest absolute Gasteiger partial charge is 0.326 e. The molecule has 0 aliphatic carbocycles. The Bertz CT molecular complexity index is 803. The normalized spacial score (nSPS) is 10.4. The van der Waals surface area contributed by atoms with Crippen LogP contribution in [-0.2, 0) is 0 Å². The summed E-state index contributed by atoms with van der Waals surface area (Å²) < 4.78 is 15.6. The lowest BCUT2D eigenvalue weighted by molar-refractivity contribution is 0.414. The lowest BCUT2D eigenvalue weighted by atomic mass is 10.2. The van der Waals surface area contributed by atoms with E-state index in [0.29, 0.717) is 22.3 Å². The molecule has 0 aliphatic heterocycles. The first-order valence-corrected chi connectivity index (χ1v) is 7.16. The zero-order valence-corrected chi connectivity index (χ0v) is 13.3. The second-order valence-corrected chi connectivity index (χ2v) is 5.06. The number of methoxy groups -OCH3 is 2. The van der Waals surface area contributed by atoms with Gasteiger partial charge in [0.15, 0.2) is 0 Å². The topological polar surface area (TPSA) is 69.4 Å². The Morgan fingerprint density at radius 1 is 1.04 bits per heavy atom. The Kier molecular flexibility index (Phi) is 4.34. The molecule has 1 heterocycles. The van der Waals surface area contributed by atoms with Crippen LogP contribution in [0.4, 0.5) is 11.7 Å². The van der Waals surface area contributed by atoms with Crippen LogP contribution in [-0.4, -0.2) is 24.4 Å². The minimum absolute atomic E-state index is 0.247. The van der Waals surface area contributed by atoms with Gasteiger partial charge >= 0.3 is 6.01 Å². The first kappa shape index (κ1) is 15.2. The lowest BCUT2D eigenvalue weighted by Crippen LogP contribution is -1.94. The van der Waals surface area contributed by atoms with Gasteiger partial charge in [0.05, 0.1) is 19.9 Å². The van der Waals surface area contributed by atoms with Crippen LogP contribution in [0.25, 0.3) is 11.4 Å². The summed E-state index contributed by atoms with van der Waals surface area (Å²) in [5.41, 5.74) is 1.46. The van der Waals surface area contributed by atoms with E-state index in [1.54, 1.807) is 32.4 Å². The molecule has 118 valence electrons. The molecule has 0 fully saturated rings. The highest BCUT2D eigenvalue weighted by atomic mass is 35.5. The maximum atomic E-state index is 6.00. The third kappa shape index (κ3) is 3.37. The fraction of sp³-hybridized carbons (Fsp3) is 0.125. The monoisotopic (exact) mass is 331 g/mol. The van der Waals surface area contributed by atoms with Crippen molar-refractivity contribution in [1.82, 2.24) is 10.1 Å². The van der Waals surface area contributed by atoms with Gasteiger partial charge in [-0.15, -0.1) is 0 Å². The van der Waals surface area contributed by atoms with E-state index in [1.165, 1.54) is 0 Å². The average molecular weight is 332 g/mol. The van der Waals surface area contributed by atoms with Crippen molar-refractivity contribution in [3.63, 3.8) is 0 Å². The molecule has 3 aromatic rings. The van der Waals surface area contributed by atoms with Crippen molar-refractivity contribution in [2.75, 3.05) is 19.5 Å². The van der Waals surface area contributed by atoms with Gasteiger partial charge in [0, 0.05) is 10.6 Å². The molecule has 6 nitrogen and oxygen atoms in total. The summed E-state index contributed by atoms with van der Waals surface area (Å²) in [7, 11) is 3.19. The van der Waals surface area contributed by atoms with Gasteiger partial charge in [0.25, 0.3) is 0 Å². The fourth-order valence-corrected chi connectivity index (χ4v) is 2.20. The van der Waals surface area contributed by atoms with Gasteiger partial charge in [-0.25, -0.2) is 0 Å². The maximum absolute atomic E-state index is 6.00. The summed E-state index contributed by atoms with van der Waals surface area (Å²) >= 11 is 6.00. The van der Waals surface area contributed by atoms with Crippen LogP contribution < -0.4 is 14.8 Å². The van der Waals surface area contributed by atoms with Crippen molar-refractivity contribution in [3.05, 3.63) is 47.5 Å². The predicted octanol–water partition coefficient (Wildman–Crippen LogP) is 4.15. The van der Waals surface area contributed by atoms with Gasteiger partial charge in [0.1, 0.15) is 11.5 Å². The van der Waals surface area contributed by atoms with Crippen molar-refractivity contribution >= 4 is 23.3 Å². The van der Waals surface area contributed by atoms with Crippen molar-refractivity contribution in [2.45, 2.75) is 0 Å². The minimum atomic E-state index is 0.247. The highest BCUT2D eigenvalue weighted by Gasteiger charge is 2.11. The van der Waals surface area contributed by atoms with Gasteiger partial charge in [-0.1, -0.05) is 16.8 Å². The predicted molar refractivity (Wildman–Crippen MR) is 87.6 cm³/mol. The van der Waals surface area contributed by atoms with Crippen LogP contribution in [0.1, 0.15) is 0 Å². The molecule has 0 unspecified atom stereocenters. The number of hydrogen-bond acceptors (Lipinski definition) is 6. The van der Waals surface area contributed by atoms with Crippen LogP contribution in [0, 0.1) is 0 Å². The van der Waals surface area contributed by atoms with E-state index in [2.05, 4.69) is 15.5 Å². The maximum Gasteiger partial charge on any atom is 0.326 e. The number of nitrogens with zero attached hydrogens (tertiary/aromatic N) is 2. The first-order valence-electron chi connectivity index (χ1n) is 6.78. The summed E-state index contributed by atoms with van der Waals surface area (Å²) in [6.45, 7) is 0. The standard InChI is InChI=1S/C16H14ClN3O3/c1-21-12-6-3-10(4-7-12)15-19-16(23-20-15)18-13-9-11(17)5-8-14(13)22-2/h3-9H,1-2H3,(H,18,19,20). The van der Waals surface area contributed by atoms with Crippen LogP contribution in [0.2, 0.25) is 5.02 Å². The summed E-state index contributed by atoms with van der Waals surface area (Å²) in [6, 6.07) is 12.8. The van der Waals surface area contributed by atoms with Gasteiger partial charge in [-0.3, -0.25) is 0 Å². The zero-order valence-electron chi connectivity index (χ0n) is 12.5. The van der Waals surface area contributed by atoms with Gasteiger partial charge < -0.3 is 19.3 Å². The quantitative estimate of drug-likeness (QED) is 0.757. The summed E-state index contributed by atoms with van der Waals surface area (Å²) in [5.74, 6) is 1.86. The molecule has 2 aromatic carbocycles. The number of benzene rings is 2. The van der Waals surface area contributed by atoms with Crippen molar-refractivity contribution in [3.8, 4) is 22.9 Å². The van der Waals surface area contributed by atoms with E-state index in [4.69, 9.17) is 25.6 Å². The average Bonchev–Trinajstić information content (AvgIpc) is 3.04. The zero-order chi connectivity index (χ0) is 16.2. The Morgan fingerprint density at radius 2 is 1.83 bits per heavy atom. The molecule has 0 radical (unpaired) electrons. The van der Waals surface area contributed by atoms with E-state index >= 15 is 0 Å². The number of hydrogen-bond donors (Lipinski definition) is 1. The number of aromatic nitrogens is 2. The number of ether oxygens (including phenoxy) is 2. The molecule has 0 saturated carbocycles. The number of halogens is 1. The molecule has 3 rings (SSSR count). The Balaban J connectivity index is 1.83. The molecule has 0 amide bonds. The molecular weight excluding hydrogens is 318 g/mol. The van der Waals surface area contributed by atoms with Crippen LogP contribution >= 0.6 is 11.6 Å². The van der Waals surface area contributed by atoms with E-state index < -0.39 is 0 Å². The van der Waals surface area contributed by atoms with Gasteiger partial charge in [-0.05, 0) is 42.5 Å². The van der Waals surface area contributed by atoms with Crippen LogP contribution in [0.15, 0.2) is 47.0 Å². The largest absolute Gasteiger partial charge is 0.497 e. The number of rotatable bonds is 5. The molecule has 0 spiro atoms. The third-order valence-electron chi connectivity index (χ3n) is 3.18. The highest BCUT2D eigenvalue weighted by Crippen LogP contribution is 2.30. The van der Waals surface area contributed by atoms with Crippen LogP contribution in [0.5, 0.6) is 11.5 Å². The molecule has 23 heavy (non-hydrogen) atoms. The molecule has 0 saturated heterocycles. The first-order chi connectivity index (χ1) is 11.2. The molecule has 1 aromatic heterocycles. The SMILES string of the molecule is COc1ccc(-c2noc(Nc3cc(Cl)ccc3OC)n2)cc1. The molecule has 7 heteroatoms. The molecular formula is C16H14ClN3O3. The van der Waals surface area contributed by atoms with Crippen LogP contribution in [0.3, 0.4) is 0 Å². The van der Waals surface area contributed by atoms with E-state index in [9.17, 15) is 0 Å². The molecule has 1 N–H and O–H groups in total. The van der Waals surface area contributed by atoms with E-state index in [0.717, 1.165) is 11.3 Å². The third-order valence-corrected chi connectivity index (χ3v) is 3.41. The Hall–Kier alpha value is -2.73. The lowest BCUT2D eigenvalue weighted by Gasteiger charge is -2.07. The minimum Gasteiger partial charge on any atom is -0.497 e. The van der Waals surface area contributed by atoms with E-state index in [1.807, 2.05) is 24.3 Å². The number of anilines is 2. The Morgan fingerprint density at radius 3 is 2.52 bits per heavy atom. The second-order valence-electron chi connectivity index (χ2n) is 4.62. The summed E-state index contributed by atoms with van der Waals surface area (Å²) in [6.07, 6.45) is 0. The van der Waals surface area contributed by atoms with E-state index in [-0.39, 0.29) is 6.01 Å². The fourth-order valence-electron chi connectivity index (χ4n) is 2.02. The summed E-state index contributed by atoms with van der Waals surface area (Å²) in [4.78, 5) is 4.31. The molecule has 0 bridgehead atoms. The molecule has 0 aliphatic rings. The van der Waals surface area contributed by atoms with Crippen molar-refractivity contribution in [2.24, 2.45) is 0 Å². The second kappa shape index (κ2) is 6.58. The van der Waals surface area contributed by atoms with Gasteiger partial charge in [-0.2, -0.15) is 4.98 Å². The Labute approximate surface area is 138 Å². The summed E-state index contributed by atoms with van der Waals surface area (Å²) in [5, 5.41) is 7.53. The van der Waals surface area contributed by atoms with Gasteiger partial charge in [0.2, 0.25) is 5.82 Å². The van der Waals surface area contributed by atoms with Crippen molar-refractivity contribution in [1.29, 1.82) is 0 Å². The van der Waals surface area contributed by atoms with Crippen molar-refractivity contribution < 1.29 is 14.0 Å². The number of nitrogens with one attached hydrogen (secondary N) is 1. The molecule has 0 atom stereocenters.